The van der Waals surface area contributed by atoms with E-state index in [-0.39, 0.29) is 104 Å². The highest BCUT2D eigenvalue weighted by atomic mass is 32.2. The standard InChI is InChI=1S/2C35H45FN4O10S/c2*1-34(2,3)50-29(41)14-22-20-48-13-6-4-5-9-23-16-35(23,32(44)38-51(46,47)25-11-12-25)37-30(42)28-15-24(18-40(28)31(22)43)49-33(45)39-17-21-8-7-10-27(36)26(21)19-39/h2*5,7-10,22-25,28H,4,6,11-20H2,1-3H3,(H,37,42)(H,38,44)/b2*9-5-/t2*22-,23+,24+,28-,35+/m00/s1. The highest BCUT2D eigenvalue weighted by Gasteiger charge is 2.64. The third-order valence-electron chi connectivity index (χ3n) is 19.6. The van der Waals surface area contributed by atoms with Crippen molar-refractivity contribution in [2.45, 2.75) is 215 Å². The summed E-state index contributed by atoms with van der Waals surface area (Å²) in [5, 5.41) is 4.21. The minimum Gasteiger partial charge on any atom is -0.460 e. The molecule has 4 aliphatic carbocycles. The van der Waals surface area contributed by atoms with Crippen LogP contribution in [0, 0.1) is 35.3 Å². The number of halogens is 2. The van der Waals surface area contributed by atoms with Crippen LogP contribution in [0.15, 0.2) is 60.7 Å². The Bertz CT molecular complexity index is 3700. The van der Waals surface area contributed by atoms with Gasteiger partial charge in [0.1, 0.15) is 58.2 Å². The van der Waals surface area contributed by atoms with Crippen LogP contribution in [-0.2, 0) is 113 Å². The van der Waals surface area contributed by atoms with Crippen LogP contribution in [0.3, 0.4) is 0 Å². The number of nitrogens with one attached hydrogen (secondary N) is 4. The number of hydrogen-bond donors (Lipinski definition) is 4. The van der Waals surface area contributed by atoms with Gasteiger partial charge in [-0.15, -0.1) is 0 Å². The second-order valence-electron chi connectivity index (χ2n) is 30.1. The van der Waals surface area contributed by atoms with Crippen LogP contribution in [0.1, 0.15) is 154 Å². The predicted octanol–water partition coefficient (Wildman–Crippen LogP) is 4.89. The summed E-state index contributed by atoms with van der Waals surface area (Å²) in [4.78, 5) is 142. The third-order valence-corrected chi connectivity index (χ3v) is 23.2. The fraction of sp³-hybridized carbons (Fsp3) is 0.629. The molecule has 0 aromatic heterocycles. The lowest BCUT2D eigenvalue weighted by atomic mass is 10.0. The van der Waals surface area contributed by atoms with Gasteiger partial charge in [-0.05, 0) is 129 Å². The van der Waals surface area contributed by atoms with Crippen LogP contribution in [0.5, 0.6) is 0 Å². The maximum atomic E-state index is 14.4. The van der Waals surface area contributed by atoms with Crippen molar-refractivity contribution in [1.29, 1.82) is 0 Å². The second kappa shape index (κ2) is 29.9. The van der Waals surface area contributed by atoms with E-state index in [0.717, 1.165) is 0 Å². The predicted molar refractivity (Wildman–Crippen MR) is 356 cm³/mol. The Morgan fingerprint density at radius 1 is 0.578 bits per heavy atom. The molecular formula is C70H90F2N8O20S2. The van der Waals surface area contributed by atoms with E-state index in [9.17, 15) is 73.6 Å². The van der Waals surface area contributed by atoms with Crippen LogP contribution in [0.2, 0.25) is 0 Å². The molecule has 2 aromatic carbocycles. The van der Waals surface area contributed by atoms with Gasteiger partial charge in [0.2, 0.25) is 43.7 Å². The van der Waals surface area contributed by atoms with Crippen LogP contribution < -0.4 is 20.1 Å². The molecule has 8 amide bonds. The lowest BCUT2D eigenvalue weighted by molar-refractivity contribution is -0.160. The molecule has 28 nitrogen and oxygen atoms in total. The van der Waals surface area contributed by atoms with Crippen molar-refractivity contribution >= 4 is 79.6 Å². The first kappa shape index (κ1) is 75.1. The zero-order valence-corrected chi connectivity index (χ0v) is 59.7. The summed E-state index contributed by atoms with van der Waals surface area (Å²) in [7, 11) is -7.85. The number of hydrogen-bond acceptors (Lipinski definition) is 20. The molecular weight excluding hydrogens is 1370 g/mol. The number of carbonyl (C=O) groups is 10. The van der Waals surface area contributed by atoms with Crippen molar-refractivity contribution in [3.63, 3.8) is 0 Å². The van der Waals surface area contributed by atoms with E-state index in [1.807, 2.05) is 12.2 Å². The van der Waals surface area contributed by atoms with Gasteiger partial charge >= 0.3 is 24.1 Å². The fourth-order valence-electron chi connectivity index (χ4n) is 13.8. The van der Waals surface area contributed by atoms with Crippen molar-refractivity contribution in [3.05, 3.63) is 94.6 Å². The topological polar surface area (TPSA) is 355 Å². The molecule has 32 heteroatoms. The van der Waals surface area contributed by atoms with Gasteiger partial charge in [-0.1, -0.05) is 48.6 Å². The fourth-order valence-corrected chi connectivity index (χ4v) is 16.5. The van der Waals surface area contributed by atoms with Crippen molar-refractivity contribution in [1.82, 2.24) is 39.7 Å². The molecule has 6 fully saturated rings. The van der Waals surface area contributed by atoms with E-state index in [2.05, 4.69) is 20.1 Å². The van der Waals surface area contributed by atoms with Gasteiger partial charge in [0.15, 0.2) is 0 Å². The first-order valence-electron chi connectivity index (χ1n) is 34.9. The zero-order valence-electron chi connectivity index (χ0n) is 58.0. The minimum atomic E-state index is -3.93. The average Bonchev–Trinajstić information content (AvgIpc) is 1.58. The van der Waals surface area contributed by atoms with Crippen molar-refractivity contribution in [2.75, 3.05) is 39.5 Å². The number of fused-ring (bicyclic) bond motifs is 6. The number of amides is 8. The molecule has 556 valence electrons. The molecule has 10 aliphatic rings. The van der Waals surface area contributed by atoms with Gasteiger partial charge in [0, 0.05) is 62.1 Å². The summed E-state index contributed by atoms with van der Waals surface area (Å²) in [5.41, 5.74) is -2.72. The summed E-state index contributed by atoms with van der Waals surface area (Å²) in [6.45, 7) is 10.3. The SMILES string of the molecule is CC(C)(C)OC(=O)C[C@H]1COCCC/C=C\[C@@H]2C[C@@]2(C(=O)NS(=O)(=O)C2CC2)NC(=O)[C@@H]2C[C@@H](OC(=O)N3Cc4cccc(F)c4C3)CN2C1=O.CC(C)(C)OC(=O)C[C@H]1COCCC/C=C\[C@@H]2C[C@@]2(C(=O)NS(=O)(=O)C2CC2)NC(=O)[C@@H]2C[C@@H](OC(=O)N3Cc4cccc(F)c4C3)CN2C1=O. The zero-order chi connectivity index (χ0) is 73.4. The number of esters is 2. The summed E-state index contributed by atoms with van der Waals surface area (Å²) < 4.78 is 118. The number of allylic oxidation sites excluding steroid dienone is 2. The minimum absolute atomic E-state index is 0.00821. The summed E-state index contributed by atoms with van der Waals surface area (Å²) >= 11 is 0. The summed E-state index contributed by atoms with van der Waals surface area (Å²) in [6, 6.07) is 6.68. The second-order valence-corrected chi connectivity index (χ2v) is 34.0. The third kappa shape index (κ3) is 17.9. The van der Waals surface area contributed by atoms with Crippen LogP contribution in [0.4, 0.5) is 18.4 Å². The number of nitrogens with zero attached hydrogens (tertiary/aromatic N) is 4. The molecule has 6 aliphatic heterocycles. The van der Waals surface area contributed by atoms with Gasteiger partial charge in [0.05, 0.1) is 74.6 Å². The Labute approximate surface area is 591 Å². The first-order valence-corrected chi connectivity index (χ1v) is 37.9. The van der Waals surface area contributed by atoms with E-state index in [0.29, 0.717) is 73.6 Å². The van der Waals surface area contributed by atoms with Gasteiger partial charge in [-0.2, -0.15) is 0 Å². The largest absolute Gasteiger partial charge is 0.460 e. The average molecular weight is 1470 g/mol. The normalized spacial score (nSPS) is 29.0. The van der Waals surface area contributed by atoms with E-state index in [4.69, 9.17) is 28.4 Å². The van der Waals surface area contributed by atoms with Crippen LogP contribution in [0.25, 0.3) is 0 Å². The number of carbonyl (C=O) groups excluding carboxylic acids is 10. The summed E-state index contributed by atoms with van der Waals surface area (Å²) in [6.07, 6.45) is 7.10. The molecule has 4 saturated carbocycles. The molecule has 6 heterocycles. The van der Waals surface area contributed by atoms with Crippen molar-refractivity contribution in [3.8, 4) is 0 Å². The lowest BCUT2D eigenvalue weighted by Crippen LogP contribution is -2.57. The number of sulfonamides is 2. The Kier molecular flexibility index (Phi) is 22.0. The Hall–Kier alpha value is -8.10. The van der Waals surface area contributed by atoms with Gasteiger partial charge in [0.25, 0.3) is 11.8 Å². The Balaban J connectivity index is 0.000000205. The molecule has 2 aromatic rings. The van der Waals surface area contributed by atoms with E-state index >= 15 is 0 Å². The Morgan fingerprint density at radius 3 is 1.31 bits per heavy atom. The van der Waals surface area contributed by atoms with E-state index in [1.54, 1.807) is 78.0 Å². The molecule has 102 heavy (non-hydrogen) atoms. The summed E-state index contributed by atoms with van der Waals surface area (Å²) in [5.74, 6) is -9.64. The maximum Gasteiger partial charge on any atom is 0.410 e. The molecule has 0 bridgehead atoms. The van der Waals surface area contributed by atoms with Gasteiger partial charge in [-0.25, -0.2) is 35.2 Å². The highest BCUT2D eigenvalue weighted by Crippen LogP contribution is 2.48. The Morgan fingerprint density at radius 2 is 0.961 bits per heavy atom. The molecule has 10 atom stereocenters. The first-order chi connectivity index (χ1) is 48.1. The molecule has 0 spiro atoms. The number of ether oxygens (including phenoxy) is 6. The van der Waals surface area contributed by atoms with E-state index < -0.39 is 172 Å². The van der Waals surface area contributed by atoms with Gasteiger partial charge < -0.3 is 48.9 Å². The number of rotatable bonds is 12. The molecule has 0 radical (unpaired) electrons. The van der Waals surface area contributed by atoms with Gasteiger partial charge in [-0.3, -0.25) is 57.6 Å². The molecule has 4 N–H and O–H groups in total. The number of benzene rings is 2. The van der Waals surface area contributed by atoms with Crippen molar-refractivity contribution < 1.29 is 102 Å². The maximum absolute atomic E-state index is 14.4. The van der Waals surface area contributed by atoms with Crippen LogP contribution in [-0.4, -0.2) is 193 Å². The van der Waals surface area contributed by atoms with Crippen molar-refractivity contribution in [2.24, 2.45) is 23.7 Å². The molecule has 0 unspecified atom stereocenters. The molecule has 2 saturated heterocycles. The quantitative estimate of drug-likeness (QED) is 0.125. The van der Waals surface area contributed by atoms with E-state index in [1.165, 1.54) is 31.7 Å². The lowest BCUT2D eigenvalue weighted by Gasteiger charge is -2.29. The monoisotopic (exact) mass is 1460 g/mol. The smallest absolute Gasteiger partial charge is 0.410 e. The van der Waals surface area contributed by atoms with Crippen LogP contribution >= 0.6 is 0 Å². The molecule has 12 rings (SSSR count). The highest BCUT2D eigenvalue weighted by molar-refractivity contribution is 7.91.